The molecule has 0 unspecified atom stereocenters. The Morgan fingerprint density at radius 1 is 1.10 bits per heavy atom. The second-order valence-electron chi connectivity index (χ2n) is 4.83. The van der Waals surface area contributed by atoms with Gasteiger partial charge in [0.2, 0.25) is 0 Å². The Hall–Kier alpha value is -2.48. The summed E-state index contributed by atoms with van der Waals surface area (Å²) in [6, 6.07) is 17.9. The van der Waals surface area contributed by atoms with E-state index >= 15 is 0 Å². The van der Waals surface area contributed by atoms with E-state index < -0.39 is 0 Å². The van der Waals surface area contributed by atoms with E-state index in [4.69, 9.17) is 9.15 Å². The van der Waals surface area contributed by atoms with Gasteiger partial charge in [0.1, 0.15) is 22.9 Å². The van der Waals surface area contributed by atoms with Crippen molar-refractivity contribution in [2.45, 2.75) is 13.3 Å². The largest absolute Gasteiger partial charge is 0.462 e. The number of para-hydroxylation sites is 2. The summed E-state index contributed by atoms with van der Waals surface area (Å²) in [5.74, 6) is 2.39. The van der Waals surface area contributed by atoms with Crippen molar-refractivity contribution >= 4 is 11.0 Å². The highest BCUT2D eigenvalue weighted by molar-refractivity contribution is 5.77. The van der Waals surface area contributed by atoms with Crippen molar-refractivity contribution in [1.82, 2.24) is 0 Å². The third kappa shape index (κ3) is 2.59. The molecule has 0 aliphatic heterocycles. The van der Waals surface area contributed by atoms with Crippen LogP contribution in [0.2, 0.25) is 0 Å². The maximum Gasteiger partial charge on any atom is 0.134 e. The number of allylic oxidation sites excluding steroid dienone is 1. The fourth-order valence-corrected chi connectivity index (χ4v) is 2.18. The molecule has 0 N–H and O–H groups in total. The van der Waals surface area contributed by atoms with Crippen LogP contribution in [0.5, 0.6) is 5.75 Å². The van der Waals surface area contributed by atoms with Gasteiger partial charge in [-0.25, -0.2) is 0 Å². The molecule has 0 bridgehead atoms. The van der Waals surface area contributed by atoms with Crippen LogP contribution in [0.1, 0.15) is 11.3 Å². The SMILES string of the molecule is C=C(Cc1cc2ccccc2o1)Oc1ccccc1C. The zero-order chi connectivity index (χ0) is 13.9. The molecule has 1 aromatic heterocycles. The molecule has 2 heteroatoms. The molecular weight excluding hydrogens is 248 g/mol. The lowest BCUT2D eigenvalue weighted by atomic mass is 10.2. The number of benzene rings is 2. The van der Waals surface area contributed by atoms with E-state index in [0.717, 1.165) is 28.0 Å². The Morgan fingerprint density at radius 3 is 2.65 bits per heavy atom. The van der Waals surface area contributed by atoms with Crippen LogP contribution in [0.3, 0.4) is 0 Å². The van der Waals surface area contributed by atoms with Crippen LogP contribution in [-0.4, -0.2) is 0 Å². The first kappa shape index (κ1) is 12.5. The Bertz CT molecular complexity index is 720. The average Bonchev–Trinajstić information content (AvgIpc) is 2.83. The van der Waals surface area contributed by atoms with Gasteiger partial charge in [0.25, 0.3) is 0 Å². The highest BCUT2D eigenvalue weighted by atomic mass is 16.5. The molecule has 2 nitrogen and oxygen atoms in total. The minimum Gasteiger partial charge on any atom is -0.462 e. The summed E-state index contributed by atoms with van der Waals surface area (Å²) in [7, 11) is 0. The van der Waals surface area contributed by atoms with Crippen molar-refractivity contribution in [2.75, 3.05) is 0 Å². The van der Waals surface area contributed by atoms with Gasteiger partial charge in [-0.05, 0) is 30.7 Å². The van der Waals surface area contributed by atoms with E-state index in [0.29, 0.717) is 12.2 Å². The summed E-state index contributed by atoms with van der Waals surface area (Å²) in [5, 5.41) is 1.10. The topological polar surface area (TPSA) is 22.4 Å². The van der Waals surface area contributed by atoms with Crippen LogP contribution in [-0.2, 0) is 6.42 Å². The predicted molar refractivity (Wildman–Crippen MR) is 80.9 cm³/mol. The van der Waals surface area contributed by atoms with Gasteiger partial charge in [0.15, 0.2) is 0 Å². The molecule has 1 heterocycles. The zero-order valence-electron chi connectivity index (χ0n) is 11.4. The maximum atomic E-state index is 5.79. The lowest BCUT2D eigenvalue weighted by Gasteiger charge is -2.09. The summed E-state index contributed by atoms with van der Waals surface area (Å²) >= 11 is 0. The van der Waals surface area contributed by atoms with Gasteiger partial charge < -0.3 is 9.15 Å². The standard InChI is InChI=1S/C18H16O2/c1-13-7-3-5-9-17(13)19-14(2)11-16-12-15-8-4-6-10-18(15)20-16/h3-10,12H,2,11H2,1H3. The fraction of sp³-hybridized carbons (Fsp3) is 0.111. The Balaban J connectivity index is 1.74. The molecule has 0 amide bonds. The van der Waals surface area contributed by atoms with E-state index in [-0.39, 0.29) is 0 Å². The van der Waals surface area contributed by atoms with E-state index in [9.17, 15) is 0 Å². The Kier molecular flexibility index (Phi) is 3.30. The molecule has 0 radical (unpaired) electrons. The molecule has 0 saturated carbocycles. The first-order chi connectivity index (χ1) is 9.72. The summed E-state index contributed by atoms with van der Waals surface area (Å²) in [6.45, 7) is 5.99. The summed E-state index contributed by atoms with van der Waals surface area (Å²) < 4.78 is 11.6. The van der Waals surface area contributed by atoms with Crippen LogP contribution in [0.25, 0.3) is 11.0 Å². The van der Waals surface area contributed by atoms with Gasteiger partial charge in [-0.3, -0.25) is 0 Å². The first-order valence-corrected chi connectivity index (χ1v) is 6.61. The van der Waals surface area contributed by atoms with Crippen LogP contribution in [0.4, 0.5) is 0 Å². The molecular formula is C18H16O2. The number of hydrogen-bond donors (Lipinski definition) is 0. The quantitative estimate of drug-likeness (QED) is 0.627. The van der Waals surface area contributed by atoms with Gasteiger partial charge in [-0.2, -0.15) is 0 Å². The van der Waals surface area contributed by atoms with Crippen molar-refractivity contribution in [3.63, 3.8) is 0 Å². The van der Waals surface area contributed by atoms with Gasteiger partial charge in [-0.1, -0.05) is 43.0 Å². The molecule has 0 fully saturated rings. The lowest BCUT2D eigenvalue weighted by Crippen LogP contribution is -1.98. The third-order valence-corrected chi connectivity index (χ3v) is 3.20. The van der Waals surface area contributed by atoms with Crippen LogP contribution in [0, 0.1) is 6.92 Å². The van der Waals surface area contributed by atoms with E-state index in [2.05, 4.69) is 6.58 Å². The molecule has 20 heavy (non-hydrogen) atoms. The smallest absolute Gasteiger partial charge is 0.134 e. The summed E-state index contributed by atoms with van der Waals surface area (Å²) in [6.07, 6.45) is 0.572. The molecule has 100 valence electrons. The van der Waals surface area contributed by atoms with Gasteiger partial charge >= 0.3 is 0 Å². The number of ether oxygens (including phenoxy) is 1. The number of hydrogen-bond acceptors (Lipinski definition) is 2. The van der Waals surface area contributed by atoms with E-state index in [1.54, 1.807) is 0 Å². The highest BCUT2D eigenvalue weighted by Gasteiger charge is 2.07. The highest BCUT2D eigenvalue weighted by Crippen LogP contribution is 2.23. The van der Waals surface area contributed by atoms with Gasteiger partial charge in [0.05, 0.1) is 6.42 Å². The Labute approximate surface area is 118 Å². The second kappa shape index (κ2) is 5.25. The van der Waals surface area contributed by atoms with Crippen molar-refractivity contribution in [3.8, 4) is 5.75 Å². The molecule has 3 rings (SSSR count). The van der Waals surface area contributed by atoms with E-state index in [1.807, 2.05) is 61.5 Å². The fourth-order valence-electron chi connectivity index (χ4n) is 2.18. The second-order valence-corrected chi connectivity index (χ2v) is 4.83. The first-order valence-electron chi connectivity index (χ1n) is 6.61. The van der Waals surface area contributed by atoms with Crippen LogP contribution < -0.4 is 4.74 Å². The molecule has 0 saturated heterocycles. The summed E-state index contributed by atoms with van der Waals surface area (Å²) in [5.41, 5.74) is 1.99. The normalized spacial score (nSPS) is 10.7. The molecule has 2 aromatic carbocycles. The number of rotatable bonds is 4. The van der Waals surface area contributed by atoms with Crippen molar-refractivity contribution in [3.05, 3.63) is 78.3 Å². The minimum absolute atomic E-state index is 0.572. The number of aryl methyl sites for hydroxylation is 1. The lowest BCUT2D eigenvalue weighted by molar-refractivity contribution is 0.399. The van der Waals surface area contributed by atoms with Crippen LogP contribution in [0.15, 0.2) is 71.4 Å². The molecule has 0 atom stereocenters. The number of fused-ring (bicyclic) bond motifs is 1. The monoisotopic (exact) mass is 264 g/mol. The van der Waals surface area contributed by atoms with Crippen molar-refractivity contribution in [1.29, 1.82) is 0 Å². The third-order valence-electron chi connectivity index (χ3n) is 3.20. The number of furan rings is 1. The molecule has 0 aliphatic carbocycles. The summed E-state index contributed by atoms with van der Waals surface area (Å²) in [4.78, 5) is 0. The Morgan fingerprint density at radius 2 is 1.85 bits per heavy atom. The molecule has 3 aromatic rings. The van der Waals surface area contributed by atoms with Crippen molar-refractivity contribution in [2.24, 2.45) is 0 Å². The average molecular weight is 264 g/mol. The maximum absolute atomic E-state index is 5.79. The van der Waals surface area contributed by atoms with Gasteiger partial charge in [0, 0.05) is 5.39 Å². The van der Waals surface area contributed by atoms with Crippen molar-refractivity contribution < 1.29 is 9.15 Å². The van der Waals surface area contributed by atoms with Gasteiger partial charge in [-0.15, -0.1) is 0 Å². The van der Waals surface area contributed by atoms with E-state index in [1.165, 1.54) is 0 Å². The zero-order valence-corrected chi connectivity index (χ0v) is 11.4. The predicted octanol–water partition coefficient (Wildman–Crippen LogP) is 4.88. The molecule has 0 spiro atoms. The minimum atomic E-state index is 0.572. The van der Waals surface area contributed by atoms with Crippen LogP contribution >= 0.6 is 0 Å². The molecule has 0 aliphatic rings.